The zero-order chi connectivity index (χ0) is 21.4. The average molecular weight is 447 g/mol. The largest absolute Gasteiger partial charge is 0.351 e. The molecule has 5 nitrogen and oxygen atoms in total. The molecular formula is C23H30N2O3S2. The number of carbonyl (C=O) groups is 1. The number of hydrogen-bond acceptors (Lipinski definition) is 4. The smallest absolute Gasteiger partial charge is 0.251 e. The molecule has 7 heteroatoms. The molecule has 0 saturated heterocycles. The molecule has 1 saturated carbocycles. The third-order valence-electron chi connectivity index (χ3n) is 5.37. The Morgan fingerprint density at radius 2 is 1.70 bits per heavy atom. The maximum Gasteiger partial charge on any atom is 0.251 e. The predicted octanol–water partition coefficient (Wildman–Crippen LogP) is 4.30. The van der Waals surface area contributed by atoms with E-state index in [1.165, 1.54) is 36.4 Å². The van der Waals surface area contributed by atoms with Gasteiger partial charge in [-0.05, 0) is 42.7 Å². The molecule has 1 aliphatic rings. The van der Waals surface area contributed by atoms with Gasteiger partial charge in [0.05, 0.1) is 4.90 Å². The van der Waals surface area contributed by atoms with Gasteiger partial charge in [0.1, 0.15) is 0 Å². The molecule has 0 aromatic heterocycles. The van der Waals surface area contributed by atoms with Crippen LogP contribution < -0.4 is 5.32 Å². The van der Waals surface area contributed by atoms with Gasteiger partial charge >= 0.3 is 0 Å². The summed E-state index contributed by atoms with van der Waals surface area (Å²) < 4.78 is 26.6. The van der Waals surface area contributed by atoms with Gasteiger partial charge in [-0.15, -0.1) is 0 Å². The van der Waals surface area contributed by atoms with E-state index < -0.39 is 10.0 Å². The lowest BCUT2D eigenvalue weighted by Crippen LogP contribution is -2.27. The third kappa shape index (κ3) is 6.33. The van der Waals surface area contributed by atoms with Crippen LogP contribution in [0.5, 0.6) is 0 Å². The first kappa shape index (κ1) is 22.8. The van der Waals surface area contributed by atoms with Crippen molar-refractivity contribution in [2.24, 2.45) is 0 Å². The Balaban J connectivity index is 1.47. The molecule has 1 aliphatic carbocycles. The number of nitrogens with zero attached hydrogens (tertiary/aromatic N) is 1. The molecule has 1 amide bonds. The summed E-state index contributed by atoms with van der Waals surface area (Å²) >= 11 is 1.97. The zero-order valence-electron chi connectivity index (χ0n) is 17.4. The standard InChI is InChI=1S/C23H30N2O3S2/c1-25(30(27,28)22-10-6-3-7-11-22)18-19-12-14-20(15-13-19)23(26)24-16-17-29-21-8-4-2-5-9-21/h3,6-7,10-15,21H,2,4-5,8-9,16-18H2,1H3,(H,24,26). The fourth-order valence-electron chi connectivity index (χ4n) is 3.60. The molecule has 3 rings (SSSR count). The van der Waals surface area contributed by atoms with Gasteiger partial charge in [0.15, 0.2) is 0 Å². The summed E-state index contributed by atoms with van der Waals surface area (Å²) in [6.07, 6.45) is 6.62. The van der Waals surface area contributed by atoms with E-state index in [4.69, 9.17) is 0 Å². The van der Waals surface area contributed by atoms with Crippen LogP contribution in [0.4, 0.5) is 0 Å². The summed E-state index contributed by atoms with van der Waals surface area (Å²) in [7, 11) is -1.97. The SMILES string of the molecule is CN(Cc1ccc(C(=O)NCCSC2CCCCC2)cc1)S(=O)(=O)c1ccccc1. The Labute approximate surface area is 184 Å². The van der Waals surface area contributed by atoms with Crippen LogP contribution in [0.3, 0.4) is 0 Å². The number of carbonyl (C=O) groups excluding carboxylic acids is 1. The van der Waals surface area contributed by atoms with Crippen molar-refractivity contribution in [3.05, 3.63) is 65.7 Å². The van der Waals surface area contributed by atoms with E-state index in [1.54, 1.807) is 49.5 Å². The zero-order valence-corrected chi connectivity index (χ0v) is 19.1. The number of hydrogen-bond donors (Lipinski definition) is 1. The molecule has 0 unspecified atom stereocenters. The quantitative estimate of drug-likeness (QED) is 0.583. The van der Waals surface area contributed by atoms with Crippen LogP contribution >= 0.6 is 11.8 Å². The van der Waals surface area contributed by atoms with E-state index >= 15 is 0 Å². The monoisotopic (exact) mass is 446 g/mol. The second kappa shape index (κ2) is 11.0. The van der Waals surface area contributed by atoms with E-state index in [0.29, 0.717) is 12.1 Å². The van der Waals surface area contributed by atoms with Crippen molar-refractivity contribution in [3.8, 4) is 0 Å². The van der Waals surface area contributed by atoms with Crippen LogP contribution in [0.2, 0.25) is 0 Å². The summed E-state index contributed by atoms with van der Waals surface area (Å²) in [5.74, 6) is 0.854. The van der Waals surface area contributed by atoms with Crippen molar-refractivity contribution in [1.82, 2.24) is 9.62 Å². The summed E-state index contributed by atoms with van der Waals surface area (Å²) in [5.41, 5.74) is 1.43. The van der Waals surface area contributed by atoms with Crippen LogP contribution in [0, 0.1) is 0 Å². The summed E-state index contributed by atoms with van der Waals surface area (Å²) in [5, 5.41) is 3.73. The lowest BCUT2D eigenvalue weighted by Gasteiger charge is -2.20. The highest BCUT2D eigenvalue weighted by Gasteiger charge is 2.20. The molecule has 30 heavy (non-hydrogen) atoms. The minimum Gasteiger partial charge on any atom is -0.351 e. The molecule has 2 aromatic carbocycles. The maximum atomic E-state index is 12.6. The minimum atomic E-state index is -3.54. The van der Waals surface area contributed by atoms with Crippen molar-refractivity contribution < 1.29 is 13.2 Å². The first-order valence-corrected chi connectivity index (χ1v) is 13.0. The van der Waals surface area contributed by atoms with Crippen LogP contribution in [-0.2, 0) is 16.6 Å². The fourth-order valence-corrected chi connectivity index (χ4v) is 6.00. The van der Waals surface area contributed by atoms with Crippen molar-refractivity contribution in [1.29, 1.82) is 0 Å². The Morgan fingerprint density at radius 1 is 1.03 bits per heavy atom. The molecule has 0 heterocycles. The van der Waals surface area contributed by atoms with Crippen molar-refractivity contribution in [3.63, 3.8) is 0 Å². The van der Waals surface area contributed by atoms with Gasteiger partial charge in [-0.1, -0.05) is 49.6 Å². The van der Waals surface area contributed by atoms with Gasteiger partial charge in [-0.2, -0.15) is 16.1 Å². The highest BCUT2D eigenvalue weighted by Crippen LogP contribution is 2.27. The fraction of sp³-hybridized carbons (Fsp3) is 0.435. The molecular weight excluding hydrogens is 416 g/mol. The predicted molar refractivity (Wildman–Crippen MR) is 123 cm³/mol. The lowest BCUT2D eigenvalue weighted by atomic mass is 10.0. The maximum absolute atomic E-state index is 12.6. The van der Waals surface area contributed by atoms with Gasteiger partial charge in [-0.25, -0.2) is 8.42 Å². The minimum absolute atomic E-state index is 0.0870. The van der Waals surface area contributed by atoms with Crippen molar-refractivity contribution in [2.75, 3.05) is 19.3 Å². The van der Waals surface area contributed by atoms with E-state index in [9.17, 15) is 13.2 Å². The molecule has 0 spiro atoms. The van der Waals surface area contributed by atoms with E-state index in [2.05, 4.69) is 5.32 Å². The van der Waals surface area contributed by atoms with Gasteiger partial charge in [0.25, 0.3) is 5.91 Å². The number of thioether (sulfide) groups is 1. The van der Waals surface area contributed by atoms with E-state index in [-0.39, 0.29) is 17.3 Å². The molecule has 2 aromatic rings. The summed E-state index contributed by atoms with van der Waals surface area (Å²) in [6.45, 7) is 0.914. The average Bonchev–Trinajstić information content (AvgIpc) is 2.78. The molecule has 0 aliphatic heterocycles. The van der Waals surface area contributed by atoms with Crippen molar-refractivity contribution in [2.45, 2.75) is 48.8 Å². The summed E-state index contributed by atoms with van der Waals surface area (Å²) in [6, 6.07) is 15.5. The van der Waals surface area contributed by atoms with Crippen LogP contribution in [0.1, 0.15) is 48.0 Å². The van der Waals surface area contributed by atoms with Crippen molar-refractivity contribution >= 4 is 27.7 Å². The molecule has 0 atom stereocenters. The first-order chi connectivity index (χ1) is 14.5. The van der Waals surface area contributed by atoms with Gasteiger partial charge in [0, 0.05) is 36.7 Å². The number of amides is 1. The molecule has 162 valence electrons. The van der Waals surface area contributed by atoms with Gasteiger partial charge < -0.3 is 5.32 Å². The first-order valence-electron chi connectivity index (χ1n) is 10.5. The van der Waals surface area contributed by atoms with Crippen LogP contribution in [-0.4, -0.2) is 43.2 Å². The molecule has 1 fully saturated rings. The normalized spacial score (nSPS) is 15.3. The Hall–Kier alpha value is -1.83. The number of sulfonamides is 1. The van der Waals surface area contributed by atoms with Gasteiger partial charge in [0.2, 0.25) is 10.0 Å². The lowest BCUT2D eigenvalue weighted by molar-refractivity contribution is 0.0956. The Morgan fingerprint density at radius 3 is 2.37 bits per heavy atom. The topological polar surface area (TPSA) is 66.5 Å². The molecule has 1 N–H and O–H groups in total. The molecule has 0 bridgehead atoms. The third-order valence-corrected chi connectivity index (χ3v) is 8.57. The Bertz CT molecular complexity index is 909. The highest BCUT2D eigenvalue weighted by atomic mass is 32.2. The second-order valence-electron chi connectivity index (χ2n) is 7.66. The van der Waals surface area contributed by atoms with Crippen LogP contribution in [0.15, 0.2) is 59.5 Å². The summed E-state index contributed by atoms with van der Waals surface area (Å²) in [4.78, 5) is 12.6. The Kier molecular flexibility index (Phi) is 8.36. The second-order valence-corrected chi connectivity index (χ2v) is 11.1. The van der Waals surface area contributed by atoms with Crippen LogP contribution in [0.25, 0.3) is 0 Å². The highest BCUT2D eigenvalue weighted by molar-refractivity contribution is 7.99. The molecule has 0 radical (unpaired) electrons. The number of benzene rings is 2. The number of nitrogens with one attached hydrogen (secondary N) is 1. The van der Waals surface area contributed by atoms with E-state index in [1.807, 2.05) is 23.9 Å². The number of rotatable bonds is 9. The van der Waals surface area contributed by atoms with Gasteiger partial charge in [-0.3, -0.25) is 4.79 Å². The van der Waals surface area contributed by atoms with E-state index in [0.717, 1.165) is 16.6 Å².